The Bertz CT molecular complexity index is 1210. The molecule has 2 heterocycles. The lowest BCUT2D eigenvalue weighted by atomic mass is 10.2. The quantitative estimate of drug-likeness (QED) is 0.321. The summed E-state index contributed by atoms with van der Waals surface area (Å²) in [6, 6.07) is 14.1. The second kappa shape index (κ2) is 8.53. The lowest BCUT2D eigenvalue weighted by molar-refractivity contribution is -0.113. The molecule has 30 heavy (non-hydrogen) atoms. The molecule has 0 bridgehead atoms. The summed E-state index contributed by atoms with van der Waals surface area (Å²) in [6.45, 7) is 8.01. The van der Waals surface area contributed by atoms with E-state index in [1.54, 1.807) is 11.3 Å². The summed E-state index contributed by atoms with van der Waals surface area (Å²) >= 11 is 3.02. The van der Waals surface area contributed by atoms with E-state index in [-0.39, 0.29) is 11.7 Å². The van der Waals surface area contributed by atoms with E-state index in [2.05, 4.69) is 40.4 Å². The minimum atomic E-state index is -0.0808. The number of fused-ring (bicyclic) bond motifs is 1. The van der Waals surface area contributed by atoms with Crippen LogP contribution < -0.4 is 5.32 Å². The molecule has 2 aromatic carbocycles. The van der Waals surface area contributed by atoms with Gasteiger partial charge >= 0.3 is 0 Å². The van der Waals surface area contributed by atoms with Gasteiger partial charge in [-0.25, -0.2) is 15.0 Å². The van der Waals surface area contributed by atoms with Crippen LogP contribution in [0.25, 0.3) is 20.8 Å². The number of thioether (sulfide) groups is 1. The molecule has 152 valence electrons. The van der Waals surface area contributed by atoms with Crippen LogP contribution in [0, 0.1) is 27.7 Å². The van der Waals surface area contributed by atoms with Crippen LogP contribution in [-0.4, -0.2) is 26.6 Å². The van der Waals surface area contributed by atoms with E-state index < -0.39 is 0 Å². The molecule has 0 spiro atoms. The second-order valence-electron chi connectivity index (χ2n) is 7.21. The van der Waals surface area contributed by atoms with Crippen LogP contribution in [0.4, 0.5) is 5.69 Å². The summed E-state index contributed by atoms with van der Waals surface area (Å²) in [5, 5.41) is 4.54. The Morgan fingerprint density at radius 3 is 2.37 bits per heavy atom. The Morgan fingerprint density at radius 2 is 1.67 bits per heavy atom. The zero-order chi connectivity index (χ0) is 21.3. The predicted octanol–water partition coefficient (Wildman–Crippen LogP) is 5.72. The third-order valence-electron chi connectivity index (χ3n) is 4.90. The molecule has 1 N–H and O–H groups in total. The molecule has 0 unspecified atom stereocenters. The zero-order valence-corrected chi connectivity index (χ0v) is 18.9. The van der Waals surface area contributed by atoms with E-state index in [9.17, 15) is 4.79 Å². The average molecular weight is 435 g/mol. The third kappa shape index (κ3) is 4.52. The van der Waals surface area contributed by atoms with Crippen LogP contribution in [0.15, 0.2) is 47.6 Å². The highest BCUT2D eigenvalue weighted by molar-refractivity contribution is 7.99. The Kier molecular flexibility index (Phi) is 5.83. The highest BCUT2D eigenvalue weighted by atomic mass is 32.2. The van der Waals surface area contributed by atoms with Crippen molar-refractivity contribution in [3.8, 4) is 10.6 Å². The topological polar surface area (TPSA) is 67.8 Å². The van der Waals surface area contributed by atoms with E-state index >= 15 is 0 Å². The van der Waals surface area contributed by atoms with Gasteiger partial charge in [-0.2, -0.15) is 0 Å². The number of benzene rings is 2. The molecule has 4 aromatic rings. The highest BCUT2D eigenvalue weighted by Gasteiger charge is 2.10. The van der Waals surface area contributed by atoms with Gasteiger partial charge in [-0.15, -0.1) is 11.3 Å². The summed E-state index contributed by atoms with van der Waals surface area (Å²) in [5.74, 6) is 0.184. The van der Waals surface area contributed by atoms with E-state index in [0.29, 0.717) is 5.16 Å². The second-order valence-corrected chi connectivity index (χ2v) is 9.18. The molecular formula is C23H22N4OS2. The number of rotatable bonds is 5. The Morgan fingerprint density at radius 1 is 0.967 bits per heavy atom. The van der Waals surface area contributed by atoms with Crippen LogP contribution in [0.1, 0.15) is 22.5 Å². The molecule has 2 aromatic heterocycles. The first-order chi connectivity index (χ1) is 14.4. The van der Waals surface area contributed by atoms with Crippen molar-refractivity contribution in [1.29, 1.82) is 0 Å². The van der Waals surface area contributed by atoms with Crippen LogP contribution in [0.3, 0.4) is 0 Å². The first-order valence-corrected chi connectivity index (χ1v) is 11.4. The number of amides is 1. The van der Waals surface area contributed by atoms with Crippen molar-refractivity contribution >= 4 is 44.9 Å². The number of hydrogen-bond donors (Lipinski definition) is 1. The number of nitrogens with zero attached hydrogens (tertiary/aromatic N) is 3. The first kappa shape index (κ1) is 20.5. The average Bonchev–Trinajstić information content (AvgIpc) is 3.14. The van der Waals surface area contributed by atoms with Gasteiger partial charge in [0, 0.05) is 22.6 Å². The number of nitrogens with one attached hydrogen (secondary N) is 1. The van der Waals surface area contributed by atoms with Crippen LogP contribution in [0.5, 0.6) is 0 Å². The molecular weight excluding hydrogens is 412 g/mol. The standard InChI is InChI=1S/C23H22N4OS2/c1-13-5-10-19-20(11-13)30-22(27-19)17-6-8-18(9-7-17)26-21(28)12-29-23-24-15(3)14(2)16(4)25-23/h5-11H,12H2,1-4H3,(H,26,28). The summed E-state index contributed by atoms with van der Waals surface area (Å²) < 4.78 is 1.18. The zero-order valence-electron chi connectivity index (χ0n) is 17.3. The summed E-state index contributed by atoms with van der Waals surface area (Å²) in [6.07, 6.45) is 0. The van der Waals surface area contributed by atoms with Gasteiger partial charge in [-0.1, -0.05) is 17.8 Å². The largest absolute Gasteiger partial charge is 0.325 e. The molecule has 0 atom stereocenters. The molecule has 1 amide bonds. The van der Waals surface area contributed by atoms with Crippen molar-refractivity contribution in [2.45, 2.75) is 32.9 Å². The number of thiazole rings is 1. The summed E-state index contributed by atoms with van der Waals surface area (Å²) in [7, 11) is 0. The highest BCUT2D eigenvalue weighted by Crippen LogP contribution is 2.31. The van der Waals surface area contributed by atoms with E-state index in [4.69, 9.17) is 4.98 Å². The number of aryl methyl sites for hydroxylation is 3. The van der Waals surface area contributed by atoms with E-state index in [1.807, 2.05) is 45.0 Å². The molecule has 0 radical (unpaired) electrons. The molecule has 0 fully saturated rings. The number of carbonyl (C=O) groups is 1. The Hall–Kier alpha value is -2.77. The van der Waals surface area contributed by atoms with Crippen molar-refractivity contribution in [3.05, 3.63) is 65.0 Å². The van der Waals surface area contributed by atoms with Crippen molar-refractivity contribution in [3.63, 3.8) is 0 Å². The van der Waals surface area contributed by atoms with Crippen molar-refractivity contribution in [2.75, 3.05) is 11.1 Å². The normalized spacial score (nSPS) is 11.1. The van der Waals surface area contributed by atoms with Gasteiger partial charge < -0.3 is 5.32 Å². The smallest absolute Gasteiger partial charge is 0.234 e. The number of carbonyl (C=O) groups excluding carboxylic acids is 1. The van der Waals surface area contributed by atoms with Gasteiger partial charge in [-0.3, -0.25) is 4.79 Å². The summed E-state index contributed by atoms with van der Waals surface area (Å²) in [4.78, 5) is 25.9. The predicted molar refractivity (Wildman–Crippen MR) is 125 cm³/mol. The van der Waals surface area contributed by atoms with Crippen molar-refractivity contribution < 1.29 is 4.79 Å². The molecule has 4 rings (SSSR count). The Balaban J connectivity index is 1.39. The SMILES string of the molecule is Cc1ccc2nc(-c3ccc(NC(=O)CSc4nc(C)c(C)c(C)n4)cc3)sc2c1. The van der Waals surface area contributed by atoms with Crippen LogP contribution in [0.2, 0.25) is 0 Å². The van der Waals surface area contributed by atoms with Gasteiger partial charge in [0.25, 0.3) is 0 Å². The number of anilines is 1. The monoisotopic (exact) mass is 434 g/mol. The minimum Gasteiger partial charge on any atom is -0.325 e. The van der Waals surface area contributed by atoms with Gasteiger partial charge in [0.2, 0.25) is 5.91 Å². The summed E-state index contributed by atoms with van der Waals surface area (Å²) in [5.41, 5.74) is 7.04. The minimum absolute atomic E-state index is 0.0808. The molecule has 7 heteroatoms. The lowest BCUT2D eigenvalue weighted by Crippen LogP contribution is -2.14. The maximum absolute atomic E-state index is 12.3. The van der Waals surface area contributed by atoms with Gasteiger partial charge in [0.15, 0.2) is 5.16 Å². The van der Waals surface area contributed by atoms with Crippen LogP contribution >= 0.6 is 23.1 Å². The van der Waals surface area contributed by atoms with Gasteiger partial charge in [-0.05, 0) is 75.2 Å². The van der Waals surface area contributed by atoms with Crippen molar-refractivity contribution in [1.82, 2.24) is 15.0 Å². The lowest BCUT2D eigenvalue weighted by Gasteiger charge is -2.08. The van der Waals surface area contributed by atoms with E-state index in [0.717, 1.165) is 38.7 Å². The van der Waals surface area contributed by atoms with Gasteiger partial charge in [0.1, 0.15) is 5.01 Å². The third-order valence-corrected chi connectivity index (χ3v) is 6.82. The molecule has 0 aliphatic heterocycles. The molecule has 0 aliphatic carbocycles. The number of hydrogen-bond acceptors (Lipinski definition) is 6. The first-order valence-electron chi connectivity index (χ1n) is 9.61. The maximum atomic E-state index is 12.3. The molecule has 0 saturated heterocycles. The maximum Gasteiger partial charge on any atom is 0.234 e. The molecule has 0 aliphatic rings. The fourth-order valence-corrected chi connectivity index (χ4v) is 4.79. The molecule has 5 nitrogen and oxygen atoms in total. The van der Waals surface area contributed by atoms with Crippen LogP contribution in [-0.2, 0) is 4.79 Å². The van der Waals surface area contributed by atoms with Crippen molar-refractivity contribution in [2.24, 2.45) is 0 Å². The van der Waals surface area contributed by atoms with Gasteiger partial charge in [0.05, 0.1) is 16.0 Å². The van der Waals surface area contributed by atoms with E-state index in [1.165, 1.54) is 22.0 Å². The fourth-order valence-electron chi connectivity index (χ4n) is 2.98. The Labute approximate surface area is 184 Å². The fraction of sp³-hybridized carbons (Fsp3) is 0.217. The number of aromatic nitrogens is 3. The molecule has 0 saturated carbocycles.